The second-order valence-electron chi connectivity index (χ2n) is 7.85. The van der Waals surface area contributed by atoms with Crippen LogP contribution in [0.15, 0.2) is 114 Å². The topological polar surface area (TPSA) is 34.9 Å². The van der Waals surface area contributed by atoms with Crippen molar-refractivity contribution in [2.45, 2.75) is 10.6 Å². The minimum absolute atomic E-state index is 0.0691. The summed E-state index contributed by atoms with van der Waals surface area (Å²) < 4.78 is 15.6. The largest absolute Gasteiger partial charge is 0.333 e. The number of thioether (sulfide) groups is 1. The maximum absolute atomic E-state index is 13.7. The maximum Gasteiger partial charge on any atom is 0.333 e. The molecule has 4 aromatic carbocycles. The molecule has 0 amide bonds. The van der Waals surface area contributed by atoms with E-state index >= 15 is 0 Å². The molecule has 0 N–H and O–H groups in total. The summed E-state index contributed by atoms with van der Waals surface area (Å²) in [5, 5.41) is 5.70. The number of halogens is 2. The number of carbonyl (C=O) groups excluding carboxylic acids is 1. The number of hydrogen-bond donors (Lipinski definition) is 0. The molecule has 5 rings (SSSR count). The first-order valence-corrected chi connectivity index (χ1v) is 12.4. The first kappa shape index (κ1) is 23.1. The first-order chi connectivity index (χ1) is 17.1. The van der Waals surface area contributed by atoms with Crippen LogP contribution in [0.4, 0.5) is 4.39 Å². The summed E-state index contributed by atoms with van der Waals surface area (Å²) in [5.74, 6) is 0.469. The Hall–Kier alpha value is -3.67. The molecule has 0 aliphatic rings. The quantitative estimate of drug-likeness (QED) is 0.167. The summed E-state index contributed by atoms with van der Waals surface area (Å²) in [4.78, 5) is 12.2. The van der Waals surface area contributed by atoms with Crippen LogP contribution in [-0.2, 0) is 5.75 Å². The number of aromatic nitrogens is 2. The second-order valence-corrected chi connectivity index (χ2v) is 9.30. The minimum Gasteiger partial charge on any atom is -0.255 e. The van der Waals surface area contributed by atoms with Gasteiger partial charge in [-0.3, -0.25) is 4.79 Å². The van der Waals surface area contributed by atoms with Gasteiger partial charge in [-0.25, -0.2) is 4.68 Å². The van der Waals surface area contributed by atoms with Crippen molar-refractivity contribution >= 4 is 29.4 Å². The molecule has 0 radical (unpaired) electrons. The highest BCUT2D eigenvalue weighted by Gasteiger charge is 2.22. The van der Waals surface area contributed by atoms with Gasteiger partial charge in [0, 0.05) is 26.8 Å². The monoisotopic (exact) mass is 498 g/mol. The van der Waals surface area contributed by atoms with Crippen molar-refractivity contribution in [3.8, 4) is 28.1 Å². The Kier molecular flexibility index (Phi) is 6.80. The number of para-hydroxylation sites is 1. The Labute approximate surface area is 212 Å². The molecule has 0 aliphatic heterocycles. The Morgan fingerprint density at radius 2 is 1.43 bits per heavy atom. The molecule has 172 valence electrons. The van der Waals surface area contributed by atoms with Crippen molar-refractivity contribution in [2.24, 2.45) is 0 Å². The average molecular weight is 499 g/mol. The van der Waals surface area contributed by atoms with E-state index in [9.17, 15) is 9.18 Å². The number of carbonyl (C=O) groups is 1. The van der Waals surface area contributed by atoms with Gasteiger partial charge < -0.3 is 0 Å². The molecule has 35 heavy (non-hydrogen) atoms. The highest BCUT2D eigenvalue weighted by Crippen LogP contribution is 2.39. The van der Waals surface area contributed by atoms with Gasteiger partial charge in [0.15, 0.2) is 0 Å². The van der Waals surface area contributed by atoms with Crippen LogP contribution in [0.25, 0.3) is 28.1 Å². The Morgan fingerprint density at radius 3 is 2.11 bits per heavy atom. The van der Waals surface area contributed by atoms with Crippen molar-refractivity contribution in [2.75, 3.05) is 0 Å². The standard InChI is InChI=1S/C29H20ClFN2OS/c30-22-17-15-20(16-18-22)27-25(19-35-26-14-8-7-13-24(26)29(31)34)33(23-11-5-2-6-12-23)32-28(27)21-9-3-1-4-10-21/h1-18H,19H2. The van der Waals surface area contributed by atoms with Gasteiger partial charge in [0.05, 0.1) is 16.9 Å². The summed E-state index contributed by atoms with van der Waals surface area (Å²) in [6.07, 6.45) is 0. The van der Waals surface area contributed by atoms with Gasteiger partial charge in [0.25, 0.3) is 0 Å². The van der Waals surface area contributed by atoms with Crippen LogP contribution in [0.1, 0.15) is 16.1 Å². The van der Waals surface area contributed by atoms with Gasteiger partial charge in [-0.15, -0.1) is 11.8 Å². The van der Waals surface area contributed by atoms with E-state index in [-0.39, 0.29) is 5.56 Å². The second kappa shape index (κ2) is 10.3. The lowest BCUT2D eigenvalue weighted by Gasteiger charge is -2.11. The van der Waals surface area contributed by atoms with Crippen LogP contribution < -0.4 is 0 Å². The molecule has 5 aromatic rings. The summed E-state index contributed by atoms with van der Waals surface area (Å²) in [6.45, 7) is 0. The number of rotatable bonds is 7. The third-order valence-electron chi connectivity index (χ3n) is 5.63. The third-order valence-corrected chi connectivity index (χ3v) is 6.96. The van der Waals surface area contributed by atoms with Crippen LogP contribution in [0.3, 0.4) is 0 Å². The maximum atomic E-state index is 13.7. The van der Waals surface area contributed by atoms with Crippen LogP contribution in [0.5, 0.6) is 0 Å². The SMILES string of the molecule is O=C(F)c1ccccc1SCc1c(-c2ccc(Cl)cc2)c(-c2ccccc2)nn1-c1ccccc1. The van der Waals surface area contributed by atoms with E-state index < -0.39 is 6.04 Å². The predicted octanol–water partition coefficient (Wildman–Crippen LogP) is 8.26. The fraction of sp³-hybridized carbons (Fsp3) is 0.0345. The van der Waals surface area contributed by atoms with E-state index in [0.717, 1.165) is 33.8 Å². The molecule has 0 unspecified atom stereocenters. The normalized spacial score (nSPS) is 10.9. The lowest BCUT2D eigenvalue weighted by molar-refractivity contribution is 0.0832. The van der Waals surface area contributed by atoms with Gasteiger partial charge in [-0.05, 0) is 42.0 Å². The molecule has 3 nitrogen and oxygen atoms in total. The van der Waals surface area contributed by atoms with Crippen molar-refractivity contribution < 1.29 is 9.18 Å². The highest BCUT2D eigenvalue weighted by atomic mass is 35.5. The molecule has 0 spiro atoms. The minimum atomic E-state index is -1.44. The molecule has 0 atom stereocenters. The van der Waals surface area contributed by atoms with Gasteiger partial charge in [-0.2, -0.15) is 9.49 Å². The summed E-state index contributed by atoms with van der Waals surface area (Å²) >= 11 is 7.60. The zero-order valence-electron chi connectivity index (χ0n) is 18.6. The van der Waals surface area contributed by atoms with E-state index in [1.807, 2.05) is 89.6 Å². The molecule has 1 heterocycles. The molecule has 0 saturated heterocycles. The van der Waals surface area contributed by atoms with E-state index in [0.29, 0.717) is 15.7 Å². The van der Waals surface area contributed by atoms with Gasteiger partial charge >= 0.3 is 6.04 Å². The molecular weight excluding hydrogens is 479 g/mol. The van der Waals surface area contributed by atoms with Crippen molar-refractivity contribution in [3.05, 3.63) is 125 Å². The van der Waals surface area contributed by atoms with E-state index in [2.05, 4.69) is 0 Å². The molecule has 0 saturated carbocycles. The molecule has 0 aliphatic carbocycles. The molecule has 0 bridgehead atoms. The molecular formula is C29H20ClFN2OS. The summed E-state index contributed by atoms with van der Waals surface area (Å²) in [5.41, 5.74) is 5.67. The smallest absolute Gasteiger partial charge is 0.255 e. The zero-order chi connectivity index (χ0) is 24.2. The van der Waals surface area contributed by atoms with E-state index in [4.69, 9.17) is 16.7 Å². The number of benzene rings is 4. The molecule has 6 heteroatoms. The number of nitrogens with zero attached hydrogens (tertiary/aromatic N) is 2. The molecule has 1 aromatic heterocycles. The van der Waals surface area contributed by atoms with Crippen LogP contribution in [-0.4, -0.2) is 15.8 Å². The summed E-state index contributed by atoms with van der Waals surface area (Å²) in [7, 11) is 0. The number of hydrogen-bond acceptors (Lipinski definition) is 3. The molecule has 0 fully saturated rings. The Balaban J connectivity index is 1.71. The Bertz CT molecular complexity index is 1470. The predicted molar refractivity (Wildman–Crippen MR) is 141 cm³/mol. The van der Waals surface area contributed by atoms with Crippen molar-refractivity contribution in [3.63, 3.8) is 0 Å². The summed E-state index contributed by atoms with van der Waals surface area (Å²) in [6, 6.07) is 32.9. The first-order valence-electron chi connectivity index (χ1n) is 11.0. The third kappa shape index (κ3) is 4.92. The lowest BCUT2D eigenvalue weighted by atomic mass is 9.99. The van der Waals surface area contributed by atoms with Crippen LogP contribution >= 0.6 is 23.4 Å². The van der Waals surface area contributed by atoms with E-state index in [1.54, 1.807) is 18.2 Å². The van der Waals surface area contributed by atoms with Crippen molar-refractivity contribution in [1.82, 2.24) is 9.78 Å². The van der Waals surface area contributed by atoms with Crippen LogP contribution in [0, 0.1) is 0 Å². The van der Waals surface area contributed by atoms with Crippen LogP contribution in [0.2, 0.25) is 5.02 Å². The Morgan fingerprint density at radius 1 is 0.800 bits per heavy atom. The van der Waals surface area contributed by atoms with Gasteiger partial charge in [0.2, 0.25) is 0 Å². The zero-order valence-corrected chi connectivity index (χ0v) is 20.1. The van der Waals surface area contributed by atoms with Crippen molar-refractivity contribution in [1.29, 1.82) is 0 Å². The lowest BCUT2D eigenvalue weighted by Crippen LogP contribution is -2.02. The van der Waals surface area contributed by atoms with Gasteiger partial charge in [-0.1, -0.05) is 84.4 Å². The van der Waals surface area contributed by atoms with E-state index in [1.165, 1.54) is 17.8 Å². The van der Waals surface area contributed by atoms with Gasteiger partial charge in [0.1, 0.15) is 5.69 Å². The highest BCUT2D eigenvalue weighted by molar-refractivity contribution is 7.98. The fourth-order valence-corrected chi connectivity index (χ4v) is 5.15. The average Bonchev–Trinajstić information content (AvgIpc) is 3.28. The fourth-order valence-electron chi connectivity index (χ4n) is 3.99.